The van der Waals surface area contributed by atoms with E-state index < -0.39 is 0 Å². The smallest absolute Gasteiger partial charge is 0.184 e. The second kappa shape index (κ2) is 4.64. The van der Waals surface area contributed by atoms with Crippen LogP contribution < -0.4 is 0 Å². The number of hydrogen-bond acceptors (Lipinski definition) is 4. The van der Waals surface area contributed by atoms with Gasteiger partial charge in [0.1, 0.15) is 0 Å². The molecule has 2 aromatic rings. The number of thiazole rings is 1. The first-order valence-corrected chi connectivity index (χ1v) is 5.75. The monoisotopic (exact) mass is 252 g/mol. The van der Waals surface area contributed by atoms with Gasteiger partial charge in [-0.1, -0.05) is 23.7 Å². The van der Waals surface area contributed by atoms with Crippen LogP contribution in [0.2, 0.25) is 4.47 Å². The summed E-state index contributed by atoms with van der Waals surface area (Å²) in [6.07, 6.45) is 0. The molecule has 15 heavy (non-hydrogen) atoms. The maximum absolute atomic E-state index is 5.76. The lowest BCUT2D eigenvalue weighted by molar-refractivity contribution is 1.41. The van der Waals surface area contributed by atoms with E-state index >= 15 is 0 Å². The van der Waals surface area contributed by atoms with Gasteiger partial charge in [-0.2, -0.15) is 4.99 Å². The van der Waals surface area contributed by atoms with Gasteiger partial charge in [0, 0.05) is 10.9 Å². The van der Waals surface area contributed by atoms with Gasteiger partial charge in [0.15, 0.2) is 4.47 Å². The zero-order valence-electron chi connectivity index (χ0n) is 7.48. The minimum atomic E-state index is 0.547. The minimum absolute atomic E-state index is 0.547. The lowest BCUT2D eigenvalue weighted by Gasteiger charge is -1.96. The second-order valence-corrected chi connectivity index (χ2v) is 4.36. The number of aromatic nitrogens is 1. The molecule has 0 aliphatic rings. The molecule has 0 radical (unpaired) electrons. The van der Waals surface area contributed by atoms with Gasteiger partial charge in [-0.3, -0.25) is 0 Å². The Morgan fingerprint density at radius 2 is 2.07 bits per heavy atom. The molecule has 0 bridgehead atoms. The van der Waals surface area contributed by atoms with Crippen molar-refractivity contribution in [3.8, 4) is 11.3 Å². The Hall–Kier alpha value is -1.06. The summed E-state index contributed by atoms with van der Waals surface area (Å²) in [7, 11) is 0. The van der Waals surface area contributed by atoms with E-state index in [4.69, 9.17) is 11.6 Å². The van der Waals surface area contributed by atoms with Crippen LogP contribution in [0.4, 0.5) is 5.69 Å². The summed E-state index contributed by atoms with van der Waals surface area (Å²) >= 11 is 11.7. The number of nitrogens with zero attached hydrogens (tertiary/aromatic N) is 2. The lowest BCUT2D eigenvalue weighted by Crippen LogP contribution is -1.75. The Balaban J connectivity index is 2.35. The first kappa shape index (κ1) is 10.5. The molecule has 0 aliphatic heterocycles. The number of isothiocyanates is 1. The molecule has 5 heteroatoms. The van der Waals surface area contributed by atoms with Crippen LogP contribution >= 0.6 is 35.2 Å². The Morgan fingerprint density at radius 3 is 2.60 bits per heavy atom. The number of thiocarbonyl (C=S) groups is 1. The number of aliphatic imine (C=N–C) groups is 1. The van der Waals surface area contributed by atoms with Crippen LogP contribution in [0.3, 0.4) is 0 Å². The number of rotatable bonds is 2. The Morgan fingerprint density at radius 1 is 1.33 bits per heavy atom. The molecule has 2 nitrogen and oxygen atoms in total. The normalized spacial score (nSPS) is 9.67. The number of halogens is 1. The van der Waals surface area contributed by atoms with Crippen LogP contribution in [-0.2, 0) is 0 Å². The molecular weight excluding hydrogens is 248 g/mol. The molecular formula is C10H5ClN2S2. The van der Waals surface area contributed by atoms with Crippen molar-refractivity contribution >= 4 is 46.0 Å². The third kappa shape index (κ3) is 2.49. The summed E-state index contributed by atoms with van der Waals surface area (Å²) in [5.74, 6) is 0. The minimum Gasteiger partial charge on any atom is -0.225 e. The molecule has 1 aromatic heterocycles. The highest BCUT2D eigenvalue weighted by molar-refractivity contribution is 7.78. The van der Waals surface area contributed by atoms with Crippen molar-refractivity contribution in [2.24, 2.45) is 4.99 Å². The van der Waals surface area contributed by atoms with E-state index in [1.54, 1.807) is 0 Å². The van der Waals surface area contributed by atoms with E-state index in [-0.39, 0.29) is 0 Å². The van der Waals surface area contributed by atoms with Crippen LogP contribution in [-0.4, -0.2) is 10.1 Å². The van der Waals surface area contributed by atoms with Crippen molar-refractivity contribution in [3.05, 3.63) is 34.1 Å². The largest absolute Gasteiger partial charge is 0.225 e. The van der Waals surface area contributed by atoms with E-state index in [1.165, 1.54) is 11.3 Å². The summed E-state index contributed by atoms with van der Waals surface area (Å²) in [4.78, 5) is 8.04. The van der Waals surface area contributed by atoms with Crippen LogP contribution in [0.1, 0.15) is 0 Å². The predicted molar refractivity (Wildman–Crippen MR) is 67.2 cm³/mol. The first-order valence-electron chi connectivity index (χ1n) is 4.09. The predicted octanol–water partition coefficient (Wildman–Crippen LogP) is 4.20. The molecule has 2 rings (SSSR count). The molecule has 1 aromatic carbocycles. The topological polar surface area (TPSA) is 25.2 Å². The molecule has 1 heterocycles. The van der Waals surface area contributed by atoms with E-state index in [2.05, 4.69) is 27.4 Å². The van der Waals surface area contributed by atoms with Crippen molar-refractivity contribution in [1.29, 1.82) is 0 Å². The summed E-state index contributed by atoms with van der Waals surface area (Å²) in [6.45, 7) is 0. The summed E-state index contributed by atoms with van der Waals surface area (Å²) < 4.78 is 0.547. The highest BCUT2D eigenvalue weighted by Gasteiger charge is 2.02. The molecule has 0 aliphatic carbocycles. The first-order chi connectivity index (χ1) is 7.29. The zero-order chi connectivity index (χ0) is 10.7. The highest BCUT2D eigenvalue weighted by atomic mass is 35.5. The molecule has 0 saturated heterocycles. The summed E-state index contributed by atoms with van der Waals surface area (Å²) in [5.41, 5.74) is 2.68. The molecule has 0 amide bonds. The van der Waals surface area contributed by atoms with Gasteiger partial charge in [-0.25, -0.2) is 4.98 Å². The van der Waals surface area contributed by atoms with Gasteiger partial charge in [0.05, 0.1) is 16.5 Å². The van der Waals surface area contributed by atoms with Crippen LogP contribution in [0, 0.1) is 0 Å². The fraction of sp³-hybridized carbons (Fsp3) is 0. The van der Waals surface area contributed by atoms with E-state index in [9.17, 15) is 0 Å². The fourth-order valence-electron chi connectivity index (χ4n) is 1.14. The summed E-state index contributed by atoms with van der Waals surface area (Å²) in [6, 6.07) is 7.58. The average Bonchev–Trinajstić information content (AvgIpc) is 2.67. The lowest BCUT2D eigenvalue weighted by atomic mass is 10.1. The standard InChI is InChI=1S/C10H5ClN2S2/c11-10-13-9(5-15-10)7-1-3-8(4-2-7)12-6-14/h1-5H. The van der Waals surface area contributed by atoms with Crippen molar-refractivity contribution in [2.45, 2.75) is 0 Å². The van der Waals surface area contributed by atoms with E-state index in [0.29, 0.717) is 4.47 Å². The Bertz CT molecular complexity index is 512. The summed E-state index contributed by atoms with van der Waals surface area (Å²) in [5, 5.41) is 4.24. The Labute approximate surface area is 101 Å². The van der Waals surface area contributed by atoms with E-state index in [1.807, 2.05) is 29.6 Å². The average molecular weight is 253 g/mol. The van der Waals surface area contributed by atoms with Crippen molar-refractivity contribution in [2.75, 3.05) is 0 Å². The third-order valence-corrected chi connectivity index (χ3v) is 2.88. The Kier molecular flexibility index (Phi) is 3.23. The van der Waals surface area contributed by atoms with Crippen LogP contribution in [0.25, 0.3) is 11.3 Å². The SMILES string of the molecule is S=C=Nc1ccc(-c2csc(Cl)n2)cc1. The van der Waals surface area contributed by atoms with Gasteiger partial charge in [-0.15, -0.1) is 11.3 Å². The number of hydrogen-bond donors (Lipinski definition) is 0. The van der Waals surface area contributed by atoms with Gasteiger partial charge >= 0.3 is 0 Å². The molecule has 74 valence electrons. The fourth-order valence-corrected chi connectivity index (χ4v) is 2.02. The molecule has 0 fully saturated rings. The molecule has 0 spiro atoms. The highest BCUT2D eigenvalue weighted by Crippen LogP contribution is 2.26. The van der Waals surface area contributed by atoms with Gasteiger partial charge in [-0.05, 0) is 24.4 Å². The molecule has 0 atom stereocenters. The second-order valence-electron chi connectivity index (χ2n) is 2.74. The maximum Gasteiger partial charge on any atom is 0.184 e. The number of benzene rings is 1. The van der Waals surface area contributed by atoms with Crippen LogP contribution in [0.15, 0.2) is 34.6 Å². The van der Waals surface area contributed by atoms with Crippen molar-refractivity contribution in [1.82, 2.24) is 4.98 Å². The van der Waals surface area contributed by atoms with Crippen LogP contribution in [0.5, 0.6) is 0 Å². The van der Waals surface area contributed by atoms with E-state index in [0.717, 1.165) is 16.9 Å². The van der Waals surface area contributed by atoms with Gasteiger partial charge in [0.25, 0.3) is 0 Å². The van der Waals surface area contributed by atoms with Gasteiger partial charge < -0.3 is 0 Å². The zero-order valence-corrected chi connectivity index (χ0v) is 9.86. The van der Waals surface area contributed by atoms with Gasteiger partial charge in [0.2, 0.25) is 0 Å². The van der Waals surface area contributed by atoms with Crippen molar-refractivity contribution in [3.63, 3.8) is 0 Å². The maximum atomic E-state index is 5.76. The van der Waals surface area contributed by atoms with Crippen molar-refractivity contribution < 1.29 is 0 Å². The quantitative estimate of drug-likeness (QED) is 0.591. The molecule has 0 saturated carbocycles. The molecule has 0 unspecified atom stereocenters. The third-order valence-electron chi connectivity index (χ3n) is 1.81. The molecule has 0 N–H and O–H groups in total.